The molecule has 0 spiro atoms. The van der Waals surface area contributed by atoms with Crippen LogP contribution in [-0.4, -0.2) is 0 Å². The smallest absolute Gasteiger partial charge is 0.0997 e. The van der Waals surface area contributed by atoms with Crippen molar-refractivity contribution in [1.29, 1.82) is 10.5 Å². The van der Waals surface area contributed by atoms with Crippen molar-refractivity contribution in [1.82, 2.24) is 0 Å². The summed E-state index contributed by atoms with van der Waals surface area (Å²) in [6.07, 6.45) is 0. The summed E-state index contributed by atoms with van der Waals surface area (Å²) >= 11 is 0. The van der Waals surface area contributed by atoms with Crippen molar-refractivity contribution >= 4 is 0 Å². The minimum absolute atomic E-state index is 0.712. The first-order chi connectivity index (χ1) is 33.2. The fraction of sp³-hybridized carbons (Fsp3) is 0.0606. The lowest BCUT2D eigenvalue weighted by atomic mass is 9.87. The molecule has 0 N–H and O–H groups in total. The maximum atomic E-state index is 9.99. The predicted molar refractivity (Wildman–Crippen MR) is 284 cm³/mol. The van der Waals surface area contributed by atoms with Crippen LogP contribution in [-0.2, 0) is 0 Å². The van der Waals surface area contributed by atoms with Gasteiger partial charge in [0.2, 0.25) is 0 Å². The summed E-state index contributed by atoms with van der Waals surface area (Å²) in [6, 6.07) is 83.5. The lowest BCUT2D eigenvalue weighted by Gasteiger charge is -2.17. The van der Waals surface area contributed by atoms with Crippen molar-refractivity contribution in [3.63, 3.8) is 0 Å². The van der Waals surface area contributed by atoms with E-state index in [1.165, 1.54) is 22.3 Å². The Morgan fingerprint density at radius 2 is 0.382 bits per heavy atom. The molecule has 10 aromatic carbocycles. The minimum Gasteiger partial charge on any atom is -0.192 e. The van der Waals surface area contributed by atoms with Crippen LogP contribution in [0.2, 0.25) is 0 Å². The van der Waals surface area contributed by atoms with Gasteiger partial charge in [0.05, 0.1) is 23.3 Å². The average molecular weight is 869 g/mol. The van der Waals surface area contributed by atoms with Gasteiger partial charge < -0.3 is 0 Å². The lowest BCUT2D eigenvalue weighted by Crippen LogP contribution is -1.94. The van der Waals surface area contributed by atoms with E-state index in [2.05, 4.69) is 231 Å². The van der Waals surface area contributed by atoms with Crippen LogP contribution in [0.5, 0.6) is 0 Å². The molecular weight excluding hydrogens is 821 g/mol. The molecule has 2 heteroatoms. The van der Waals surface area contributed by atoms with Gasteiger partial charge in [-0.1, -0.05) is 158 Å². The van der Waals surface area contributed by atoms with Crippen molar-refractivity contribution in [3.05, 3.63) is 252 Å². The van der Waals surface area contributed by atoms with Crippen LogP contribution in [0, 0.1) is 50.4 Å². The van der Waals surface area contributed by atoms with E-state index in [1.54, 1.807) is 0 Å². The highest BCUT2D eigenvalue weighted by molar-refractivity contribution is 5.88. The Balaban J connectivity index is 1.16. The van der Waals surface area contributed by atoms with E-state index in [1.807, 2.05) is 27.7 Å². The maximum Gasteiger partial charge on any atom is 0.0997 e. The van der Waals surface area contributed by atoms with Crippen LogP contribution in [0.1, 0.15) is 33.4 Å². The molecule has 10 rings (SSSR count). The molecule has 2 nitrogen and oxygen atoms in total. The summed E-state index contributed by atoms with van der Waals surface area (Å²) < 4.78 is 0. The van der Waals surface area contributed by atoms with E-state index < -0.39 is 0 Å². The number of hydrogen-bond donors (Lipinski definition) is 0. The third kappa shape index (κ3) is 8.80. The van der Waals surface area contributed by atoms with Gasteiger partial charge in [-0.05, 0) is 211 Å². The molecule has 10 aromatic rings. The van der Waals surface area contributed by atoms with E-state index in [-0.39, 0.29) is 0 Å². The van der Waals surface area contributed by atoms with Crippen LogP contribution in [0.25, 0.3) is 100 Å². The Morgan fingerprint density at radius 1 is 0.206 bits per heavy atom. The van der Waals surface area contributed by atoms with E-state index in [9.17, 15) is 10.5 Å². The quantitative estimate of drug-likeness (QED) is 0.145. The largest absolute Gasteiger partial charge is 0.192 e. The van der Waals surface area contributed by atoms with Crippen LogP contribution in [0.15, 0.2) is 218 Å². The highest BCUT2D eigenvalue weighted by Crippen LogP contribution is 2.40. The Hall–Kier alpha value is -8.82. The van der Waals surface area contributed by atoms with Crippen LogP contribution in [0.3, 0.4) is 0 Å². The van der Waals surface area contributed by atoms with Gasteiger partial charge in [0.25, 0.3) is 0 Å². The third-order valence-electron chi connectivity index (χ3n) is 13.2. The van der Waals surface area contributed by atoms with Gasteiger partial charge in [0.15, 0.2) is 0 Å². The molecule has 0 saturated carbocycles. The number of benzene rings is 10. The molecule has 0 heterocycles. The summed E-state index contributed by atoms with van der Waals surface area (Å²) in [7, 11) is 0. The summed E-state index contributed by atoms with van der Waals surface area (Å²) in [5, 5.41) is 20.0. The molecule has 0 bridgehead atoms. The van der Waals surface area contributed by atoms with Crippen LogP contribution < -0.4 is 0 Å². The number of aryl methyl sites for hydroxylation is 4. The van der Waals surface area contributed by atoms with E-state index in [0.29, 0.717) is 11.1 Å². The molecule has 68 heavy (non-hydrogen) atoms. The molecule has 0 fully saturated rings. The number of nitrogens with zero attached hydrogens (tertiary/aromatic N) is 2. The van der Waals surface area contributed by atoms with Gasteiger partial charge >= 0.3 is 0 Å². The summed E-state index contributed by atoms with van der Waals surface area (Å²) in [6.45, 7) is 8.06. The van der Waals surface area contributed by atoms with Gasteiger partial charge in [0.1, 0.15) is 0 Å². The molecule has 0 radical (unpaired) electrons. The Labute approximate surface area is 400 Å². The van der Waals surface area contributed by atoms with E-state index in [4.69, 9.17) is 0 Å². The molecule has 322 valence electrons. The highest BCUT2D eigenvalue weighted by Gasteiger charge is 2.16. The van der Waals surface area contributed by atoms with Crippen LogP contribution in [0.4, 0.5) is 0 Å². The van der Waals surface area contributed by atoms with Gasteiger partial charge in [0, 0.05) is 0 Å². The zero-order chi connectivity index (χ0) is 46.7. The third-order valence-corrected chi connectivity index (χ3v) is 13.2. The topological polar surface area (TPSA) is 47.6 Å². The summed E-state index contributed by atoms with van der Waals surface area (Å²) in [5.74, 6) is 0. The van der Waals surface area contributed by atoms with E-state index in [0.717, 1.165) is 100 Å². The van der Waals surface area contributed by atoms with Gasteiger partial charge in [-0.2, -0.15) is 10.5 Å². The average Bonchev–Trinajstić information content (AvgIpc) is 3.39. The highest BCUT2D eigenvalue weighted by atomic mass is 14.3. The molecule has 0 aromatic heterocycles. The van der Waals surface area contributed by atoms with Gasteiger partial charge in [-0.25, -0.2) is 0 Å². The summed E-state index contributed by atoms with van der Waals surface area (Å²) in [5.41, 5.74) is 25.4. The second-order valence-electron chi connectivity index (χ2n) is 17.8. The number of hydrogen-bond acceptors (Lipinski definition) is 2. The van der Waals surface area contributed by atoms with Gasteiger partial charge in [-0.15, -0.1) is 0 Å². The number of nitriles is 2. The monoisotopic (exact) mass is 868 g/mol. The minimum atomic E-state index is 0.712. The maximum absolute atomic E-state index is 9.99. The molecule has 0 saturated heterocycles. The lowest BCUT2D eigenvalue weighted by molar-refractivity contribution is 1.32. The Bertz CT molecular complexity index is 3340. The SMILES string of the molecule is Cc1cc(-c2cc(-c3cc(-c4cccc(-c5cccc(-c6ccccc6)c5)c4)cc(-c4cccc(-c5cccc(-c6ccccc6)c5)c4)c3)cc(-c3cc(C)c(C#N)c(C)c3)c2)cc(C)c1C#N. The molecule has 0 atom stereocenters. The molecule has 0 unspecified atom stereocenters. The van der Waals surface area contributed by atoms with E-state index >= 15 is 0 Å². The second-order valence-corrected chi connectivity index (χ2v) is 17.8. The standard InChI is InChI=1S/C66H48N2/c1-43-27-57(28-44(2)65(43)41-67)61-38-62(58-29-45(3)66(42-68)46(4)30-58)40-64(39-61)63-36-59(55-25-13-23-53(33-55)51-21-11-19-49(31-51)47-15-7-5-8-16-47)35-60(37-63)56-26-14-24-54(34-56)52-22-12-20-50(32-52)48-17-9-6-10-18-48/h5-40H,1-4H3. The normalized spacial score (nSPS) is 10.9. The van der Waals surface area contributed by atoms with Crippen molar-refractivity contribution in [2.24, 2.45) is 0 Å². The Kier molecular flexibility index (Phi) is 11.8. The molecule has 0 aliphatic heterocycles. The van der Waals surface area contributed by atoms with Crippen molar-refractivity contribution < 1.29 is 0 Å². The molecular formula is C66H48N2. The Morgan fingerprint density at radius 3 is 0.632 bits per heavy atom. The summed E-state index contributed by atoms with van der Waals surface area (Å²) in [4.78, 5) is 0. The van der Waals surface area contributed by atoms with Crippen LogP contribution >= 0.6 is 0 Å². The number of rotatable bonds is 9. The first-order valence-corrected chi connectivity index (χ1v) is 23.1. The zero-order valence-electron chi connectivity index (χ0n) is 38.7. The first kappa shape index (κ1) is 43.1. The molecule has 0 aliphatic carbocycles. The van der Waals surface area contributed by atoms with Crippen molar-refractivity contribution in [2.45, 2.75) is 27.7 Å². The van der Waals surface area contributed by atoms with Crippen molar-refractivity contribution in [2.75, 3.05) is 0 Å². The first-order valence-electron chi connectivity index (χ1n) is 23.1. The van der Waals surface area contributed by atoms with Crippen molar-refractivity contribution in [3.8, 4) is 112 Å². The molecule has 0 aliphatic rings. The van der Waals surface area contributed by atoms with Gasteiger partial charge in [-0.3, -0.25) is 0 Å². The molecule has 0 amide bonds. The predicted octanol–water partition coefficient (Wildman–Crippen LogP) is 17.7. The fourth-order valence-electron chi connectivity index (χ4n) is 9.64. The zero-order valence-corrected chi connectivity index (χ0v) is 38.7. The second kappa shape index (κ2) is 18.6. The fourth-order valence-corrected chi connectivity index (χ4v) is 9.64.